The van der Waals surface area contributed by atoms with Crippen LogP contribution in [-0.2, 0) is 28.8 Å². The van der Waals surface area contributed by atoms with Crippen molar-refractivity contribution in [3.8, 4) is 0 Å². The largest absolute Gasteiger partial charge is 0.387 e. The molecular formula is C21H30N2O3. The highest BCUT2D eigenvalue weighted by atomic mass is 16.5. The molecule has 2 fully saturated rings. The number of aryl methyl sites for hydroxylation is 2. The number of carbonyl (C=O) groups excluding carboxylic acids is 1. The topological polar surface area (TPSA) is 53.0 Å². The Morgan fingerprint density at radius 1 is 1.12 bits per heavy atom. The molecule has 1 atom stereocenters. The zero-order valence-electron chi connectivity index (χ0n) is 15.6. The second kappa shape index (κ2) is 7.67. The Morgan fingerprint density at radius 2 is 1.88 bits per heavy atom. The summed E-state index contributed by atoms with van der Waals surface area (Å²) in [5, 5.41) is 10.9. The van der Waals surface area contributed by atoms with Gasteiger partial charge >= 0.3 is 0 Å². The Bertz CT molecular complexity index is 657. The summed E-state index contributed by atoms with van der Waals surface area (Å²) in [6.45, 7) is 4.95. The molecule has 0 bridgehead atoms. The maximum atomic E-state index is 12.7. The van der Waals surface area contributed by atoms with Gasteiger partial charge in [-0.3, -0.25) is 9.69 Å². The number of hydrogen-bond acceptors (Lipinski definition) is 4. The van der Waals surface area contributed by atoms with Gasteiger partial charge in [-0.25, -0.2) is 0 Å². The molecule has 1 aliphatic carbocycles. The molecule has 0 saturated carbocycles. The van der Waals surface area contributed by atoms with E-state index in [1.165, 1.54) is 30.4 Å². The van der Waals surface area contributed by atoms with Crippen LogP contribution in [0, 0.1) is 0 Å². The van der Waals surface area contributed by atoms with Crippen LogP contribution in [0.5, 0.6) is 0 Å². The predicted octanol–water partition coefficient (Wildman–Crippen LogP) is 1.40. The Balaban J connectivity index is 1.34. The minimum atomic E-state index is -0.775. The Labute approximate surface area is 155 Å². The molecule has 5 nitrogen and oxygen atoms in total. The normalized spacial score (nSPS) is 26.7. The van der Waals surface area contributed by atoms with Crippen LogP contribution in [-0.4, -0.2) is 72.4 Å². The maximum absolute atomic E-state index is 12.7. The Morgan fingerprint density at radius 3 is 2.69 bits per heavy atom. The lowest BCUT2D eigenvalue weighted by Crippen LogP contribution is -2.49. The van der Waals surface area contributed by atoms with Gasteiger partial charge in [0, 0.05) is 26.2 Å². The molecule has 0 radical (unpaired) electrons. The van der Waals surface area contributed by atoms with Crippen molar-refractivity contribution in [2.24, 2.45) is 0 Å². The first-order valence-corrected chi connectivity index (χ1v) is 10.0. The second-order valence-electron chi connectivity index (χ2n) is 8.17. The number of morpholine rings is 1. The second-order valence-corrected chi connectivity index (χ2v) is 8.17. The van der Waals surface area contributed by atoms with E-state index in [0.717, 1.165) is 38.3 Å². The lowest BCUT2D eigenvalue weighted by atomic mass is 9.90. The van der Waals surface area contributed by atoms with E-state index in [1.807, 2.05) is 4.90 Å². The van der Waals surface area contributed by atoms with Crippen molar-refractivity contribution >= 4 is 5.91 Å². The first-order valence-electron chi connectivity index (χ1n) is 10.0. The van der Waals surface area contributed by atoms with Crippen LogP contribution in [0.1, 0.15) is 36.0 Å². The molecule has 1 amide bonds. The van der Waals surface area contributed by atoms with Crippen molar-refractivity contribution in [3.63, 3.8) is 0 Å². The van der Waals surface area contributed by atoms with Gasteiger partial charge in [0.25, 0.3) is 0 Å². The lowest BCUT2D eigenvalue weighted by Gasteiger charge is -2.33. The molecule has 3 aliphatic rings. The quantitative estimate of drug-likeness (QED) is 0.884. The fourth-order valence-electron chi connectivity index (χ4n) is 4.56. The molecule has 2 saturated heterocycles. The minimum absolute atomic E-state index is 0.138. The number of amides is 1. The predicted molar refractivity (Wildman–Crippen MR) is 100 cm³/mol. The number of nitrogens with zero attached hydrogens (tertiary/aromatic N) is 2. The van der Waals surface area contributed by atoms with Gasteiger partial charge < -0.3 is 14.7 Å². The van der Waals surface area contributed by atoms with Gasteiger partial charge in [0.2, 0.25) is 5.91 Å². The molecule has 142 valence electrons. The zero-order valence-corrected chi connectivity index (χ0v) is 15.6. The average Bonchev–Trinajstić information content (AvgIpc) is 3.04. The highest BCUT2D eigenvalue weighted by molar-refractivity contribution is 5.79. The summed E-state index contributed by atoms with van der Waals surface area (Å²) < 4.78 is 5.37. The highest BCUT2D eigenvalue weighted by Gasteiger charge is 2.39. The fourth-order valence-corrected chi connectivity index (χ4v) is 4.56. The van der Waals surface area contributed by atoms with E-state index in [4.69, 9.17) is 4.74 Å². The lowest BCUT2D eigenvalue weighted by molar-refractivity contribution is -0.130. The molecule has 1 aromatic rings. The third-order valence-corrected chi connectivity index (χ3v) is 6.07. The number of fused-ring (bicyclic) bond motifs is 1. The van der Waals surface area contributed by atoms with Crippen LogP contribution >= 0.6 is 0 Å². The molecule has 0 unspecified atom stereocenters. The molecule has 4 rings (SSSR count). The third kappa shape index (κ3) is 4.11. The molecule has 5 heteroatoms. The van der Waals surface area contributed by atoms with Crippen molar-refractivity contribution in [2.75, 3.05) is 45.9 Å². The number of aliphatic hydroxyl groups is 1. The molecule has 1 N–H and O–H groups in total. The van der Waals surface area contributed by atoms with Gasteiger partial charge in [-0.2, -0.15) is 0 Å². The van der Waals surface area contributed by atoms with E-state index in [0.29, 0.717) is 32.5 Å². The van der Waals surface area contributed by atoms with E-state index < -0.39 is 5.60 Å². The van der Waals surface area contributed by atoms with Crippen LogP contribution in [0.4, 0.5) is 0 Å². The van der Waals surface area contributed by atoms with E-state index in [1.54, 1.807) is 0 Å². The van der Waals surface area contributed by atoms with Crippen molar-refractivity contribution in [1.82, 2.24) is 9.80 Å². The van der Waals surface area contributed by atoms with Crippen molar-refractivity contribution < 1.29 is 14.6 Å². The van der Waals surface area contributed by atoms with Crippen molar-refractivity contribution in [2.45, 2.75) is 44.1 Å². The zero-order chi connectivity index (χ0) is 18.0. The van der Waals surface area contributed by atoms with Crippen LogP contribution in [0.3, 0.4) is 0 Å². The molecule has 0 aromatic heterocycles. The maximum Gasteiger partial charge on any atom is 0.227 e. The van der Waals surface area contributed by atoms with Gasteiger partial charge in [0.15, 0.2) is 0 Å². The minimum Gasteiger partial charge on any atom is -0.387 e. The molecule has 2 aliphatic heterocycles. The van der Waals surface area contributed by atoms with E-state index >= 15 is 0 Å². The van der Waals surface area contributed by atoms with E-state index in [-0.39, 0.29) is 5.91 Å². The summed E-state index contributed by atoms with van der Waals surface area (Å²) in [6.07, 6.45) is 5.96. The first-order chi connectivity index (χ1) is 12.6. The first kappa shape index (κ1) is 18.0. The number of benzene rings is 1. The number of β-amino-alcohol motifs (C(OH)–C–C–N with tert-alkyl or cyclic N) is 1. The van der Waals surface area contributed by atoms with Gasteiger partial charge in [0.1, 0.15) is 0 Å². The SMILES string of the molecule is O=C(Cc1ccc2c(c1)CCCC2)N1CC[C@@](O)(CN2CCOCC2)C1. The van der Waals surface area contributed by atoms with Crippen LogP contribution in [0.25, 0.3) is 0 Å². The van der Waals surface area contributed by atoms with Crippen LogP contribution in [0.2, 0.25) is 0 Å². The number of hydrogen-bond donors (Lipinski definition) is 1. The van der Waals surface area contributed by atoms with Gasteiger partial charge in [-0.05, 0) is 48.8 Å². The van der Waals surface area contributed by atoms with Crippen molar-refractivity contribution in [1.29, 1.82) is 0 Å². The van der Waals surface area contributed by atoms with E-state index in [9.17, 15) is 9.90 Å². The van der Waals surface area contributed by atoms with E-state index in [2.05, 4.69) is 23.1 Å². The Kier molecular flexibility index (Phi) is 5.30. The van der Waals surface area contributed by atoms with Crippen LogP contribution < -0.4 is 0 Å². The molecule has 26 heavy (non-hydrogen) atoms. The Hall–Kier alpha value is -1.43. The molecule has 2 heterocycles. The summed E-state index contributed by atoms with van der Waals surface area (Å²) in [5.74, 6) is 0.138. The van der Waals surface area contributed by atoms with Crippen molar-refractivity contribution in [3.05, 3.63) is 34.9 Å². The number of likely N-dealkylation sites (tertiary alicyclic amines) is 1. The summed E-state index contributed by atoms with van der Waals surface area (Å²) in [4.78, 5) is 16.8. The fraction of sp³-hybridized carbons (Fsp3) is 0.667. The third-order valence-electron chi connectivity index (χ3n) is 6.07. The molecule has 0 spiro atoms. The molecule has 1 aromatic carbocycles. The highest BCUT2D eigenvalue weighted by Crippen LogP contribution is 2.25. The number of carbonyl (C=O) groups is 1. The summed E-state index contributed by atoms with van der Waals surface area (Å²) in [5.41, 5.74) is 3.21. The van der Waals surface area contributed by atoms with Crippen LogP contribution in [0.15, 0.2) is 18.2 Å². The number of ether oxygens (including phenoxy) is 1. The molecular weight excluding hydrogens is 328 g/mol. The smallest absolute Gasteiger partial charge is 0.227 e. The number of rotatable bonds is 4. The summed E-state index contributed by atoms with van der Waals surface area (Å²) >= 11 is 0. The summed E-state index contributed by atoms with van der Waals surface area (Å²) in [6, 6.07) is 6.54. The summed E-state index contributed by atoms with van der Waals surface area (Å²) in [7, 11) is 0. The average molecular weight is 358 g/mol. The van der Waals surface area contributed by atoms with Gasteiger partial charge in [0.05, 0.1) is 31.8 Å². The van der Waals surface area contributed by atoms with Gasteiger partial charge in [-0.15, -0.1) is 0 Å². The van der Waals surface area contributed by atoms with Gasteiger partial charge in [-0.1, -0.05) is 18.2 Å². The monoisotopic (exact) mass is 358 g/mol. The standard InChI is InChI=1S/C21H30N2O3/c24-20(14-17-5-6-18-3-1-2-4-19(18)13-17)23-8-7-21(25,16-23)15-22-9-11-26-12-10-22/h5-6,13,25H,1-4,7-12,14-16H2/t21-/m1/s1.